The summed E-state index contributed by atoms with van der Waals surface area (Å²) in [4.78, 5) is 14.3. The quantitative estimate of drug-likeness (QED) is 0.752. The lowest BCUT2D eigenvalue weighted by atomic mass is 9.84. The van der Waals surface area contributed by atoms with Crippen LogP contribution in [0.2, 0.25) is 0 Å². The summed E-state index contributed by atoms with van der Waals surface area (Å²) in [5, 5.41) is 11.1. The summed E-state index contributed by atoms with van der Waals surface area (Å²) in [5.74, 6) is 0.214. The van der Waals surface area contributed by atoms with E-state index in [9.17, 15) is 4.79 Å². The molecular weight excluding hydrogens is 226 g/mol. The van der Waals surface area contributed by atoms with Gasteiger partial charge in [0.15, 0.2) is 5.78 Å². The van der Waals surface area contributed by atoms with Gasteiger partial charge in [-0.1, -0.05) is 13.8 Å². The number of nitrogens with zero attached hydrogens (tertiary/aromatic N) is 1. The van der Waals surface area contributed by atoms with Crippen LogP contribution in [0.25, 0.3) is 0 Å². The normalized spacial score (nSPS) is 21.6. The van der Waals surface area contributed by atoms with Crippen molar-refractivity contribution in [1.29, 1.82) is 5.41 Å². The zero-order valence-electron chi connectivity index (χ0n) is 11.9. The summed E-state index contributed by atoms with van der Waals surface area (Å²) in [6.07, 6.45) is 3.16. The van der Waals surface area contributed by atoms with Crippen molar-refractivity contribution in [3.8, 4) is 0 Å². The van der Waals surface area contributed by atoms with Gasteiger partial charge in [0.25, 0.3) is 0 Å². The molecule has 1 fully saturated rings. The van der Waals surface area contributed by atoms with Gasteiger partial charge < -0.3 is 15.6 Å². The molecule has 0 aromatic carbocycles. The van der Waals surface area contributed by atoms with Gasteiger partial charge in [0.05, 0.1) is 5.57 Å². The maximum Gasteiger partial charge on any atom is 0.194 e. The third-order valence-electron chi connectivity index (χ3n) is 2.99. The number of nitrogens with one attached hydrogen (secondary N) is 2. The van der Waals surface area contributed by atoms with E-state index in [0.29, 0.717) is 24.1 Å². The fourth-order valence-corrected chi connectivity index (χ4v) is 2.22. The van der Waals surface area contributed by atoms with E-state index >= 15 is 0 Å². The number of carbonyl (C=O) groups is 1. The van der Waals surface area contributed by atoms with Crippen molar-refractivity contribution in [3.63, 3.8) is 0 Å². The predicted molar refractivity (Wildman–Crippen MR) is 74.7 cm³/mol. The highest BCUT2D eigenvalue weighted by Crippen LogP contribution is 2.26. The molecule has 0 bridgehead atoms. The highest BCUT2D eigenvalue weighted by Gasteiger charge is 2.28. The summed E-state index contributed by atoms with van der Waals surface area (Å²) in [6, 6.07) is 0. The van der Waals surface area contributed by atoms with Crippen LogP contribution in [0.3, 0.4) is 0 Å². The smallest absolute Gasteiger partial charge is 0.194 e. The summed E-state index contributed by atoms with van der Waals surface area (Å²) < 4.78 is 0. The number of carbonyl (C=O) groups excluding carboxylic acids is 1. The van der Waals surface area contributed by atoms with Crippen LogP contribution in [0.15, 0.2) is 23.0 Å². The SMILES string of the molecule is CN/C(=C1\C(=N)CC/C(=C\N(C)C)C1=O)C(C)C. The minimum Gasteiger partial charge on any atom is -0.391 e. The van der Waals surface area contributed by atoms with Gasteiger partial charge in [-0.15, -0.1) is 0 Å². The first-order valence-electron chi connectivity index (χ1n) is 6.30. The Balaban J connectivity index is 3.24. The van der Waals surface area contributed by atoms with E-state index in [1.54, 1.807) is 0 Å². The summed E-state index contributed by atoms with van der Waals surface area (Å²) in [6.45, 7) is 4.06. The topological polar surface area (TPSA) is 56.2 Å². The van der Waals surface area contributed by atoms with Gasteiger partial charge in [-0.3, -0.25) is 4.79 Å². The standard InChI is InChI=1S/C14H23N3O/c1-9(2)13(16-3)12-11(15)7-6-10(14(12)18)8-17(4)5/h8-9,15-16H,6-7H2,1-5H3/b10-8+,13-12+,15-11?. The Kier molecular flexibility index (Phi) is 4.70. The lowest BCUT2D eigenvalue weighted by Gasteiger charge is -2.24. The van der Waals surface area contributed by atoms with Gasteiger partial charge in [0.2, 0.25) is 0 Å². The van der Waals surface area contributed by atoms with Crippen molar-refractivity contribution in [1.82, 2.24) is 10.2 Å². The molecule has 4 heteroatoms. The van der Waals surface area contributed by atoms with E-state index in [-0.39, 0.29) is 11.7 Å². The van der Waals surface area contributed by atoms with E-state index in [0.717, 1.165) is 11.3 Å². The summed E-state index contributed by atoms with van der Waals surface area (Å²) in [7, 11) is 5.63. The van der Waals surface area contributed by atoms with Crippen molar-refractivity contribution in [2.24, 2.45) is 5.92 Å². The van der Waals surface area contributed by atoms with Crippen LogP contribution in [0, 0.1) is 11.3 Å². The van der Waals surface area contributed by atoms with Crippen molar-refractivity contribution >= 4 is 11.5 Å². The molecule has 0 aliphatic heterocycles. The number of ketones is 1. The molecule has 1 rings (SSSR count). The fourth-order valence-electron chi connectivity index (χ4n) is 2.22. The Labute approximate surface area is 109 Å². The first kappa shape index (κ1) is 14.5. The largest absolute Gasteiger partial charge is 0.391 e. The number of Topliss-reactive ketones (excluding diaryl/α,β-unsaturated/α-hetero) is 1. The van der Waals surface area contributed by atoms with Crippen LogP contribution in [0.1, 0.15) is 26.7 Å². The van der Waals surface area contributed by atoms with E-state index in [4.69, 9.17) is 5.41 Å². The van der Waals surface area contributed by atoms with E-state index in [1.165, 1.54) is 0 Å². The van der Waals surface area contributed by atoms with Gasteiger partial charge >= 0.3 is 0 Å². The van der Waals surface area contributed by atoms with Crippen molar-refractivity contribution in [3.05, 3.63) is 23.0 Å². The molecule has 0 saturated heterocycles. The average Bonchev–Trinajstić information content (AvgIpc) is 2.27. The second-order valence-corrected chi connectivity index (χ2v) is 5.12. The molecule has 2 N–H and O–H groups in total. The maximum absolute atomic E-state index is 12.4. The average molecular weight is 249 g/mol. The minimum absolute atomic E-state index is 0.00185. The molecule has 0 atom stereocenters. The first-order valence-corrected chi connectivity index (χ1v) is 6.30. The van der Waals surface area contributed by atoms with Crippen LogP contribution in [0.4, 0.5) is 0 Å². The molecule has 0 spiro atoms. The molecule has 1 aliphatic carbocycles. The number of hydrogen-bond donors (Lipinski definition) is 2. The summed E-state index contributed by atoms with van der Waals surface area (Å²) in [5.41, 5.74) is 2.68. The molecular formula is C14H23N3O. The Morgan fingerprint density at radius 2 is 2.00 bits per heavy atom. The number of allylic oxidation sites excluding steroid dienone is 3. The third-order valence-corrected chi connectivity index (χ3v) is 2.99. The lowest BCUT2D eigenvalue weighted by Crippen LogP contribution is -2.28. The Bertz CT molecular complexity index is 417. The number of hydrogen-bond acceptors (Lipinski definition) is 4. The second kappa shape index (κ2) is 5.85. The van der Waals surface area contributed by atoms with E-state index in [2.05, 4.69) is 5.32 Å². The first-order chi connectivity index (χ1) is 8.38. The monoisotopic (exact) mass is 249 g/mol. The lowest BCUT2D eigenvalue weighted by molar-refractivity contribution is -0.112. The van der Waals surface area contributed by atoms with Crippen LogP contribution in [-0.2, 0) is 4.79 Å². The van der Waals surface area contributed by atoms with E-state index in [1.807, 2.05) is 46.1 Å². The molecule has 0 unspecified atom stereocenters. The molecule has 100 valence electrons. The molecule has 18 heavy (non-hydrogen) atoms. The third kappa shape index (κ3) is 3.00. The van der Waals surface area contributed by atoms with Gasteiger partial charge in [0, 0.05) is 44.3 Å². The van der Waals surface area contributed by atoms with Crippen molar-refractivity contribution in [2.75, 3.05) is 21.1 Å². The molecule has 1 aliphatic rings. The van der Waals surface area contributed by atoms with Crippen LogP contribution in [-0.4, -0.2) is 37.5 Å². The molecule has 0 amide bonds. The fraction of sp³-hybridized carbons (Fsp3) is 0.571. The zero-order chi connectivity index (χ0) is 13.9. The Morgan fingerprint density at radius 3 is 2.44 bits per heavy atom. The summed E-state index contributed by atoms with van der Waals surface area (Å²) >= 11 is 0. The minimum atomic E-state index is -0.00185. The molecule has 0 radical (unpaired) electrons. The zero-order valence-corrected chi connectivity index (χ0v) is 11.9. The van der Waals surface area contributed by atoms with Crippen LogP contribution in [0.5, 0.6) is 0 Å². The van der Waals surface area contributed by atoms with Gasteiger partial charge in [0.1, 0.15) is 0 Å². The molecule has 0 heterocycles. The van der Waals surface area contributed by atoms with Crippen LogP contribution >= 0.6 is 0 Å². The van der Waals surface area contributed by atoms with Crippen molar-refractivity contribution in [2.45, 2.75) is 26.7 Å². The number of rotatable bonds is 3. The van der Waals surface area contributed by atoms with Gasteiger partial charge in [-0.05, 0) is 18.8 Å². The molecule has 0 aromatic heterocycles. The van der Waals surface area contributed by atoms with Crippen molar-refractivity contribution < 1.29 is 4.79 Å². The Morgan fingerprint density at radius 1 is 1.39 bits per heavy atom. The highest BCUT2D eigenvalue weighted by atomic mass is 16.1. The molecule has 0 aromatic rings. The molecule has 1 saturated carbocycles. The van der Waals surface area contributed by atoms with Gasteiger partial charge in [-0.25, -0.2) is 0 Å². The van der Waals surface area contributed by atoms with Gasteiger partial charge in [-0.2, -0.15) is 0 Å². The molecule has 4 nitrogen and oxygen atoms in total. The predicted octanol–water partition coefficient (Wildman–Crippen LogP) is 1.94. The maximum atomic E-state index is 12.4. The highest BCUT2D eigenvalue weighted by molar-refractivity contribution is 6.29. The Hall–Kier alpha value is -1.58. The van der Waals surface area contributed by atoms with Crippen LogP contribution < -0.4 is 5.32 Å². The van der Waals surface area contributed by atoms with E-state index < -0.39 is 0 Å². The second-order valence-electron chi connectivity index (χ2n) is 5.12.